The molecule has 2 nitrogen and oxygen atoms in total. The van der Waals surface area contributed by atoms with Crippen LogP contribution in [0.2, 0.25) is 0 Å². The summed E-state index contributed by atoms with van der Waals surface area (Å²) in [5.74, 6) is 0. The first-order valence-electron chi connectivity index (χ1n) is 5.61. The average molecular weight is 225 g/mol. The van der Waals surface area contributed by atoms with E-state index in [-0.39, 0.29) is 6.61 Å². The molecule has 1 N–H and O–H groups in total. The van der Waals surface area contributed by atoms with Crippen LogP contribution in [-0.2, 0) is 0 Å². The zero-order valence-corrected chi connectivity index (χ0v) is 9.80. The van der Waals surface area contributed by atoms with Crippen molar-refractivity contribution in [2.45, 2.75) is 6.92 Å². The van der Waals surface area contributed by atoms with Crippen molar-refractivity contribution in [3.05, 3.63) is 59.9 Å². The Morgan fingerprint density at radius 1 is 1.18 bits per heavy atom. The van der Waals surface area contributed by atoms with Gasteiger partial charge in [0.25, 0.3) is 0 Å². The van der Waals surface area contributed by atoms with Gasteiger partial charge in [-0.1, -0.05) is 42.5 Å². The van der Waals surface area contributed by atoms with Crippen LogP contribution in [0.3, 0.4) is 0 Å². The number of pyridine rings is 1. The van der Waals surface area contributed by atoms with Crippen LogP contribution in [-0.4, -0.2) is 16.7 Å². The monoisotopic (exact) mass is 225 g/mol. The molecule has 0 spiro atoms. The van der Waals surface area contributed by atoms with Crippen molar-refractivity contribution in [2.24, 2.45) is 0 Å². The molecule has 0 saturated heterocycles. The molecular formula is C15H15NO. The number of aryl methyl sites for hydroxylation is 1. The fourth-order valence-corrected chi connectivity index (χ4v) is 1.83. The predicted octanol–water partition coefficient (Wildman–Crippen LogP) is 3.06. The van der Waals surface area contributed by atoms with Crippen LogP contribution in [0, 0.1) is 6.92 Å². The molecule has 0 atom stereocenters. The van der Waals surface area contributed by atoms with E-state index in [1.807, 2.05) is 43.5 Å². The van der Waals surface area contributed by atoms with Crippen LogP contribution in [0.15, 0.2) is 48.7 Å². The summed E-state index contributed by atoms with van der Waals surface area (Å²) in [6.45, 7) is 2.02. The fraction of sp³-hybridized carbons (Fsp3) is 0.133. The van der Waals surface area contributed by atoms with Crippen LogP contribution in [0.5, 0.6) is 0 Å². The van der Waals surface area contributed by atoms with Gasteiger partial charge >= 0.3 is 0 Å². The normalized spacial score (nSPS) is 10.9. The Bertz CT molecular complexity index is 518. The minimum absolute atomic E-state index is 0.0442. The summed E-state index contributed by atoms with van der Waals surface area (Å²) in [6, 6.07) is 12.2. The van der Waals surface area contributed by atoms with E-state index in [9.17, 15) is 0 Å². The third kappa shape index (κ3) is 2.60. The molecule has 1 heterocycles. The lowest BCUT2D eigenvalue weighted by atomic mass is 9.99. The Balaban J connectivity index is 2.54. The molecule has 0 saturated carbocycles. The van der Waals surface area contributed by atoms with Gasteiger partial charge in [0, 0.05) is 17.5 Å². The third-order valence-corrected chi connectivity index (χ3v) is 2.66. The van der Waals surface area contributed by atoms with Crippen molar-refractivity contribution in [2.75, 3.05) is 6.61 Å². The Morgan fingerprint density at radius 2 is 1.94 bits per heavy atom. The number of hydrogen-bond acceptors (Lipinski definition) is 2. The molecule has 86 valence electrons. The van der Waals surface area contributed by atoms with Gasteiger partial charge in [0.1, 0.15) is 0 Å². The highest BCUT2D eigenvalue weighted by Crippen LogP contribution is 2.25. The van der Waals surface area contributed by atoms with Crippen LogP contribution in [0.4, 0.5) is 0 Å². The van der Waals surface area contributed by atoms with Crippen LogP contribution < -0.4 is 0 Å². The van der Waals surface area contributed by atoms with E-state index in [1.165, 1.54) is 0 Å². The second-order valence-electron chi connectivity index (χ2n) is 3.81. The quantitative estimate of drug-likeness (QED) is 0.870. The van der Waals surface area contributed by atoms with Gasteiger partial charge in [-0.3, -0.25) is 4.98 Å². The summed E-state index contributed by atoms with van der Waals surface area (Å²) in [6.07, 6.45) is 5.47. The lowest BCUT2D eigenvalue weighted by molar-refractivity contribution is 0.343. The fourth-order valence-electron chi connectivity index (χ4n) is 1.83. The molecule has 0 aliphatic rings. The van der Waals surface area contributed by atoms with Crippen molar-refractivity contribution in [1.29, 1.82) is 0 Å². The molecule has 0 radical (unpaired) electrons. The lowest BCUT2D eigenvalue weighted by Crippen LogP contribution is -1.91. The van der Waals surface area contributed by atoms with Crippen LogP contribution in [0.25, 0.3) is 17.2 Å². The van der Waals surface area contributed by atoms with E-state index in [2.05, 4.69) is 17.1 Å². The highest BCUT2D eigenvalue weighted by atomic mass is 16.2. The van der Waals surface area contributed by atoms with Gasteiger partial charge < -0.3 is 5.11 Å². The van der Waals surface area contributed by atoms with Gasteiger partial charge in [-0.25, -0.2) is 0 Å². The third-order valence-electron chi connectivity index (χ3n) is 2.66. The zero-order chi connectivity index (χ0) is 12.1. The first kappa shape index (κ1) is 11.6. The Hall–Kier alpha value is -1.93. The Morgan fingerprint density at radius 3 is 2.65 bits per heavy atom. The number of nitrogens with zero attached hydrogens (tertiary/aromatic N) is 1. The molecule has 0 aliphatic heterocycles. The first-order chi connectivity index (χ1) is 8.33. The van der Waals surface area contributed by atoms with E-state index < -0.39 is 0 Å². The maximum atomic E-state index is 8.87. The molecule has 0 unspecified atom stereocenters. The average Bonchev–Trinajstić information content (AvgIpc) is 2.38. The number of aliphatic hydroxyl groups excluding tert-OH is 1. The standard InChI is InChI=1S/C15H15NO/c1-12-14(8-5-11-17)15(9-10-16-12)13-6-3-2-4-7-13/h2-10,17H,11H2,1H3/b8-5+. The maximum Gasteiger partial charge on any atom is 0.0615 e. The van der Waals surface area contributed by atoms with Crippen LogP contribution >= 0.6 is 0 Å². The number of aromatic nitrogens is 1. The number of rotatable bonds is 3. The van der Waals surface area contributed by atoms with Crippen LogP contribution in [0.1, 0.15) is 11.3 Å². The summed E-state index contributed by atoms with van der Waals surface area (Å²) >= 11 is 0. The maximum absolute atomic E-state index is 8.87. The molecule has 0 aliphatic carbocycles. The molecule has 2 rings (SSSR count). The molecule has 2 heteroatoms. The SMILES string of the molecule is Cc1nccc(-c2ccccc2)c1/C=C/CO. The smallest absolute Gasteiger partial charge is 0.0615 e. The number of benzene rings is 1. The summed E-state index contributed by atoms with van der Waals surface area (Å²) in [5.41, 5.74) is 4.34. The van der Waals surface area contributed by atoms with Crippen molar-refractivity contribution in [1.82, 2.24) is 4.98 Å². The minimum Gasteiger partial charge on any atom is -0.392 e. The lowest BCUT2D eigenvalue weighted by Gasteiger charge is -2.08. The molecule has 17 heavy (non-hydrogen) atoms. The minimum atomic E-state index is 0.0442. The van der Waals surface area contributed by atoms with Gasteiger partial charge in [-0.05, 0) is 24.1 Å². The van der Waals surface area contributed by atoms with E-state index in [0.717, 1.165) is 22.4 Å². The van der Waals surface area contributed by atoms with Crippen molar-refractivity contribution >= 4 is 6.08 Å². The predicted molar refractivity (Wildman–Crippen MR) is 70.5 cm³/mol. The highest BCUT2D eigenvalue weighted by Gasteiger charge is 2.05. The van der Waals surface area contributed by atoms with E-state index in [1.54, 1.807) is 6.08 Å². The molecule has 0 fully saturated rings. The van der Waals surface area contributed by atoms with E-state index >= 15 is 0 Å². The molecule has 0 bridgehead atoms. The van der Waals surface area contributed by atoms with Gasteiger partial charge in [0.05, 0.1) is 6.61 Å². The topological polar surface area (TPSA) is 33.1 Å². The second kappa shape index (κ2) is 5.41. The summed E-state index contributed by atoms with van der Waals surface area (Å²) in [7, 11) is 0. The van der Waals surface area contributed by atoms with Crippen molar-refractivity contribution < 1.29 is 5.11 Å². The molecule has 0 amide bonds. The number of hydrogen-bond donors (Lipinski definition) is 1. The Kier molecular flexibility index (Phi) is 3.68. The zero-order valence-electron chi connectivity index (χ0n) is 9.80. The van der Waals surface area contributed by atoms with Gasteiger partial charge in [-0.2, -0.15) is 0 Å². The van der Waals surface area contributed by atoms with E-state index in [0.29, 0.717) is 0 Å². The summed E-state index contributed by atoms with van der Waals surface area (Å²) in [4.78, 5) is 4.29. The van der Waals surface area contributed by atoms with Crippen molar-refractivity contribution in [3.63, 3.8) is 0 Å². The largest absolute Gasteiger partial charge is 0.392 e. The molecular weight excluding hydrogens is 210 g/mol. The molecule has 1 aromatic heterocycles. The second-order valence-corrected chi connectivity index (χ2v) is 3.81. The van der Waals surface area contributed by atoms with Gasteiger partial charge in [0.2, 0.25) is 0 Å². The highest BCUT2D eigenvalue weighted by molar-refractivity contribution is 5.76. The number of aliphatic hydroxyl groups is 1. The first-order valence-corrected chi connectivity index (χ1v) is 5.61. The molecule has 2 aromatic rings. The van der Waals surface area contributed by atoms with Crippen molar-refractivity contribution in [3.8, 4) is 11.1 Å². The molecule has 1 aromatic carbocycles. The summed E-state index contributed by atoms with van der Waals surface area (Å²) < 4.78 is 0. The van der Waals surface area contributed by atoms with E-state index in [4.69, 9.17) is 5.11 Å². The van der Waals surface area contributed by atoms with Gasteiger partial charge in [-0.15, -0.1) is 0 Å². The Labute approximate surface area is 101 Å². The summed E-state index contributed by atoms with van der Waals surface area (Å²) in [5, 5.41) is 8.87. The van der Waals surface area contributed by atoms with Gasteiger partial charge in [0.15, 0.2) is 0 Å².